The van der Waals surface area contributed by atoms with E-state index in [-0.39, 0.29) is 18.0 Å². The first kappa shape index (κ1) is 14.6. The Labute approximate surface area is 138 Å². The highest BCUT2D eigenvalue weighted by Gasteiger charge is 2.29. The fourth-order valence-corrected chi connectivity index (χ4v) is 3.23. The minimum absolute atomic E-state index is 0.0599. The van der Waals surface area contributed by atoms with Crippen molar-refractivity contribution in [2.24, 2.45) is 0 Å². The Morgan fingerprint density at radius 2 is 2.04 bits per heavy atom. The van der Waals surface area contributed by atoms with E-state index in [2.05, 4.69) is 30.4 Å². The number of benzene rings is 1. The van der Waals surface area contributed by atoms with E-state index >= 15 is 0 Å². The molecule has 2 aromatic heterocycles. The van der Waals surface area contributed by atoms with Crippen molar-refractivity contribution in [2.75, 3.05) is 0 Å². The first-order chi connectivity index (χ1) is 11.8. The van der Waals surface area contributed by atoms with E-state index in [1.807, 2.05) is 24.7 Å². The lowest BCUT2D eigenvalue weighted by Crippen LogP contribution is -2.38. The molecule has 0 aliphatic heterocycles. The highest BCUT2D eigenvalue weighted by Crippen LogP contribution is 2.30. The van der Waals surface area contributed by atoms with Crippen LogP contribution in [-0.4, -0.2) is 41.7 Å². The summed E-state index contributed by atoms with van der Waals surface area (Å²) in [5.41, 5.74) is 1.44. The molecule has 0 radical (unpaired) electrons. The lowest BCUT2D eigenvalue weighted by molar-refractivity contribution is 0.0929. The third-order valence-corrected chi connectivity index (χ3v) is 4.45. The Morgan fingerprint density at radius 3 is 2.75 bits per heavy atom. The van der Waals surface area contributed by atoms with Crippen LogP contribution in [0.5, 0.6) is 0 Å². The van der Waals surface area contributed by atoms with Crippen LogP contribution in [-0.2, 0) is 0 Å². The van der Waals surface area contributed by atoms with E-state index in [0.717, 1.165) is 24.9 Å². The zero-order valence-electron chi connectivity index (χ0n) is 13.0. The van der Waals surface area contributed by atoms with Gasteiger partial charge in [-0.3, -0.25) is 4.79 Å². The Hall–Kier alpha value is -3.03. The van der Waals surface area contributed by atoms with Crippen LogP contribution in [0.2, 0.25) is 0 Å². The number of carbonyl (C=O) groups is 1. The molecular weight excluding hydrogens is 306 g/mol. The molecular formula is C16H17N7O. The second-order valence-corrected chi connectivity index (χ2v) is 5.89. The molecule has 1 aliphatic rings. The van der Waals surface area contributed by atoms with Gasteiger partial charge in [0, 0.05) is 24.0 Å². The van der Waals surface area contributed by atoms with Crippen LogP contribution in [0.4, 0.5) is 0 Å². The number of rotatable bonds is 4. The molecule has 2 heterocycles. The van der Waals surface area contributed by atoms with Gasteiger partial charge in [0.25, 0.3) is 5.91 Å². The van der Waals surface area contributed by atoms with E-state index in [9.17, 15) is 4.79 Å². The molecule has 24 heavy (non-hydrogen) atoms. The number of nitrogens with one attached hydrogen (secondary N) is 1. The molecule has 8 heteroatoms. The van der Waals surface area contributed by atoms with Gasteiger partial charge in [-0.05, 0) is 54.0 Å². The fourth-order valence-electron chi connectivity index (χ4n) is 3.23. The van der Waals surface area contributed by atoms with Crippen LogP contribution in [0.1, 0.15) is 35.7 Å². The van der Waals surface area contributed by atoms with Crippen molar-refractivity contribution in [1.29, 1.82) is 0 Å². The molecule has 0 saturated heterocycles. The van der Waals surface area contributed by atoms with E-state index in [4.69, 9.17) is 0 Å². The van der Waals surface area contributed by atoms with Crippen molar-refractivity contribution in [2.45, 2.75) is 31.3 Å². The zero-order valence-corrected chi connectivity index (χ0v) is 13.0. The maximum atomic E-state index is 12.5. The summed E-state index contributed by atoms with van der Waals surface area (Å²) < 4.78 is 3.63. The van der Waals surface area contributed by atoms with Gasteiger partial charge < -0.3 is 9.88 Å². The summed E-state index contributed by atoms with van der Waals surface area (Å²) in [7, 11) is 0. The van der Waals surface area contributed by atoms with Crippen molar-refractivity contribution in [1.82, 2.24) is 35.1 Å². The van der Waals surface area contributed by atoms with Gasteiger partial charge in [0.15, 0.2) is 0 Å². The van der Waals surface area contributed by atoms with Crippen molar-refractivity contribution in [3.63, 3.8) is 0 Å². The molecule has 0 spiro atoms. The highest BCUT2D eigenvalue weighted by atomic mass is 16.1. The number of nitrogens with zero attached hydrogens (tertiary/aromatic N) is 6. The topological polar surface area (TPSA) is 90.5 Å². The quantitative estimate of drug-likeness (QED) is 0.783. The number of tetrazole rings is 1. The SMILES string of the molecule is O=C(NC1CCCC1n1ccnc1)c1ccc(-n2cnnn2)cc1. The average molecular weight is 323 g/mol. The predicted octanol–water partition coefficient (Wildman–Crippen LogP) is 1.38. The Bertz CT molecular complexity index is 796. The largest absolute Gasteiger partial charge is 0.347 e. The lowest BCUT2D eigenvalue weighted by atomic mass is 10.1. The van der Waals surface area contributed by atoms with Gasteiger partial charge >= 0.3 is 0 Å². The predicted molar refractivity (Wildman–Crippen MR) is 85.5 cm³/mol. The maximum absolute atomic E-state index is 12.5. The zero-order chi connectivity index (χ0) is 16.4. The molecule has 1 aromatic carbocycles. The van der Waals surface area contributed by atoms with Crippen molar-refractivity contribution < 1.29 is 4.79 Å². The monoisotopic (exact) mass is 323 g/mol. The number of carbonyl (C=O) groups excluding carboxylic acids is 1. The number of hydrogen-bond acceptors (Lipinski definition) is 5. The van der Waals surface area contributed by atoms with Gasteiger partial charge in [0.1, 0.15) is 6.33 Å². The molecule has 8 nitrogen and oxygen atoms in total. The van der Waals surface area contributed by atoms with Crippen molar-refractivity contribution >= 4 is 5.91 Å². The van der Waals surface area contributed by atoms with Gasteiger partial charge in [0.05, 0.1) is 18.1 Å². The van der Waals surface area contributed by atoms with E-state index in [0.29, 0.717) is 5.56 Å². The van der Waals surface area contributed by atoms with E-state index in [1.54, 1.807) is 23.0 Å². The summed E-state index contributed by atoms with van der Waals surface area (Å²) >= 11 is 0. The second-order valence-electron chi connectivity index (χ2n) is 5.89. The Kier molecular flexibility index (Phi) is 3.78. The third-order valence-electron chi connectivity index (χ3n) is 4.45. The van der Waals surface area contributed by atoms with Gasteiger partial charge in [-0.1, -0.05) is 0 Å². The van der Waals surface area contributed by atoms with E-state index in [1.165, 1.54) is 6.33 Å². The number of amides is 1. The van der Waals surface area contributed by atoms with Crippen molar-refractivity contribution in [3.8, 4) is 5.69 Å². The second kappa shape index (κ2) is 6.23. The standard InChI is InChI=1S/C16H17N7O/c24-16(12-4-6-13(7-5-12)23-11-18-20-21-23)19-14-2-1-3-15(14)22-9-8-17-10-22/h4-11,14-15H,1-3H2,(H,19,24). The molecule has 1 fully saturated rings. The minimum atomic E-state index is -0.0599. The first-order valence-corrected chi connectivity index (χ1v) is 7.93. The minimum Gasteiger partial charge on any atom is -0.347 e. The molecule has 1 N–H and O–H groups in total. The highest BCUT2D eigenvalue weighted by molar-refractivity contribution is 5.94. The summed E-state index contributed by atoms with van der Waals surface area (Å²) in [4.78, 5) is 16.6. The van der Waals surface area contributed by atoms with Crippen LogP contribution < -0.4 is 5.32 Å². The summed E-state index contributed by atoms with van der Waals surface area (Å²) in [5.74, 6) is -0.0599. The van der Waals surface area contributed by atoms with Crippen LogP contribution in [0.15, 0.2) is 49.3 Å². The average Bonchev–Trinajstić information content (AvgIpc) is 3.36. The van der Waals surface area contributed by atoms with Gasteiger partial charge in [-0.2, -0.15) is 0 Å². The molecule has 1 saturated carbocycles. The number of imidazole rings is 1. The van der Waals surface area contributed by atoms with Crippen LogP contribution in [0.3, 0.4) is 0 Å². The molecule has 4 rings (SSSR count). The van der Waals surface area contributed by atoms with Gasteiger partial charge in [-0.25, -0.2) is 9.67 Å². The van der Waals surface area contributed by atoms with Crippen LogP contribution in [0, 0.1) is 0 Å². The van der Waals surface area contributed by atoms with E-state index < -0.39 is 0 Å². The maximum Gasteiger partial charge on any atom is 0.251 e. The molecule has 0 bridgehead atoms. The fraction of sp³-hybridized carbons (Fsp3) is 0.312. The molecule has 1 amide bonds. The normalized spacial score (nSPS) is 20.2. The van der Waals surface area contributed by atoms with Gasteiger partial charge in [0.2, 0.25) is 0 Å². The molecule has 1 aliphatic carbocycles. The summed E-state index contributed by atoms with van der Waals surface area (Å²) in [6.07, 6.45) is 10.2. The Balaban J connectivity index is 1.46. The van der Waals surface area contributed by atoms with Crippen LogP contribution >= 0.6 is 0 Å². The molecule has 122 valence electrons. The Morgan fingerprint density at radius 1 is 1.17 bits per heavy atom. The van der Waals surface area contributed by atoms with Crippen LogP contribution in [0.25, 0.3) is 5.69 Å². The number of aromatic nitrogens is 6. The van der Waals surface area contributed by atoms with Crippen molar-refractivity contribution in [3.05, 3.63) is 54.9 Å². The molecule has 2 atom stereocenters. The van der Waals surface area contributed by atoms with Gasteiger partial charge in [-0.15, -0.1) is 5.10 Å². The summed E-state index contributed by atoms with van der Waals surface area (Å²) in [5, 5.41) is 14.2. The third kappa shape index (κ3) is 2.78. The number of hydrogen-bond donors (Lipinski definition) is 1. The summed E-state index contributed by atoms with van der Waals surface area (Å²) in [6, 6.07) is 7.63. The lowest BCUT2D eigenvalue weighted by Gasteiger charge is -2.22. The summed E-state index contributed by atoms with van der Waals surface area (Å²) in [6.45, 7) is 0. The smallest absolute Gasteiger partial charge is 0.251 e. The molecule has 2 unspecified atom stereocenters. The first-order valence-electron chi connectivity index (χ1n) is 7.93. The molecule has 3 aromatic rings.